The van der Waals surface area contributed by atoms with E-state index < -0.39 is 12.1 Å². The number of nitrogens with one attached hydrogen (secondary N) is 3. The Balaban J connectivity index is 2.16. The minimum absolute atomic E-state index is 0.113. The molecule has 0 bridgehead atoms. The van der Waals surface area contributed by atoms with Gasteiger partial charge in [0.1, 0.15) is 12.1 Å². The summed E-state index contributed by atoms with van der Waals surface area (Å²) < 4.78 is 0. The molecule has 2 aliphatic rings. The lowest BCUT2D eigenvalue weighted by molar-refractivity contribution is -0.144. The second-order valence-electron chi connectivity index (χ2n) is 6.46. The van der Waals surface area contributed by atoms with Gasteiger partial charge in [0.15, 0.2) is 0 Å². The van der Waals surface area contributed by atoms with Crippen molar-refractivity contribution in [3.63, 3.8) is 0 Å². The molecule has 0 saturated carbocycles. The van der Waals surface area contributed by atoms with Crippen molar-refractivity contribution in [3.05, 3.63) is 0 Å². The standard InChI is InChI=1S/C16H28N4O3/c1-10(17-2)14(21)19-12-7-5-4-6-11-8-9-13(15(22)18-3)20(11)16(12)23/h10-13,17H,4-9H2,1-3H3,(H,18,22)(H,19,21)/t10-,11-,12-,13-/m0/s1. The van der Waals surface area contributed by atoms with Crippen molar-refractivity contribution >= 4 is 17.7 Å². The fourth-order valence-electron chi connectivity index (χ4n) is 3.52. The predicted octanol–water partition coefficient (Wildman–Crippen LogP) is -0.241. The van der Waals surface area contributed by atoms with E-state index in [9.17, 15) is 14.4 Å². The SMILES string of the molecule is CNC(=O)[C@@H]1CC[C@@H]2CCCC[C@H](NC(=O)[C@H](C)NC)C(=O)N21. The highest BCUT2D eigenvalue weighted by Crippen LogP contribution is 2.31. The lowest BCUT2D eigenvalue weighted by Gasteiger charge is -2.35. The van der Waals surface area contributed by atoms with Gasteiger partial charge in [0.2, 0.25) is 17.7 Å². The van der Waals surface area contributed by atoms with Gasteiger partial charge in [0, 0.05) is 13.1 Å². The van der Waals surface area contributed by atoms with E-state index in [-0.39, 0.29) is 29.8 Å². The molecule has 0 unspecified atom stereocenters. The molecule has 2 heterocycles. The van der Waals surface area contributed by atoms with Gasteiger partial charge in [-0.3, -0.25) is 14.4 Å². The Kier molecular flexibility index (Phi) is 5.98. The quantitative estimate of drug-likeness (QED) is 0.666. The monoisotopic (exact) mass is 324 g/mol. The molecule has 7 nitrogen and oxygen atoms in total. The number of hydrogen-bond acceptors (Lipinski definition) is 4. The lowest BCUT2D eigenvalue weighted by atomic mass is 9.98. The van der Waals surface area contributed by atoms with E-state index in [0.29, 0.717) is 12.8 Å². The normalized spacial score (nSPS) is 29.3. The third kappa shape index (κ3) is 3.83. The lowest BCUT2D eigenvalue weighted by Crippen LogP contribution is -2.57. The maximum atomic E-state index is 13.0. The predicted molar refractivity (Wildman–Crippen MR) is 86.6 cm³/mol. The van der Waals surface area contributed by atoms with Gasteiger partial charge in [-0.1, -0.05) is 12.8 Å². The van der Waals surface area contributed by atoms with Crippen LogP contribution in [0.15, 0.2) is 0 Å². The molecule has 2 saturated heterocycles. The summed E-state index contributed by atoms with van der Waals surface area (Å²) in [7, 11) is 3.31. The van der Waals surface area contributed by atoms with Crippen molar-refractivity contribution in [1.29, 1.82) is 0 Å². The van der Waals surface area contributed by atoms with E-state index in [1.807, 2.05) is 0 Å². The Morgan fingerprint density at radius 1 is 1.13 bits per heavy atom. The summed E-state index contributed by atoms with van der Waals surface area (Å²) in [6.07, 6.45) is 5.06. The van der Waals surface area contributed by atoms with E-state index >= 15 is 0 Å². The molecule has 23 heavy (non-hydrogen) atoms. The van der Waals surface area contributed by atoms with E-state index in [0.717, 1.165) is 25.7 Å². The summed E-state index contributed by atoms with van der Waals surface area (Å²) in [6.45, 7) is 1.76. The molecule has 130 valence electrons. The molecule has 2 aliphatic heterocycles. The Morgan fingerprint density at radius 2 is 1.83 bits per heavy atom. The number of carbonyl (C=O) groups excluding carboxylic acids is 3. The van der Waals surface area contributed by atoms with Crippen molar-refractivity contribution in [2.45, 2.75) is 69.6 Å². The number of nitrogens with zero attached hydrogens (tertiary/aromatic N) is 1. The first-order valence-electron chi connectivity index (χ1n) is 8.51. The number of likely N-dealkylation sites (N-methyl/N-ethyl adjacent to an activating group) is 2. The van der Waals surface area contributed by atoms with Crippen molar-refractivity contribution in [2.24, 2.45) is 0 Å². The zero-order valence-electron chi connectivity index (χ0n) is 14.2. The average molecular weight is 324 g/mol. The number of rotatable bonds is 4. The molecule has 0 aromatic heterocycles. The first-order valence-corrected chi connectivity index (χ1v) is 8.51. The van der Waals surface area contributed by atoms with Gasteiger partial charge >= 0.3 is 0 Å². The summed E-state index contributed by atoms with van der Waals surface area (Å²) in [4.78, 5) is 38.9. The van der Waals surface area contributed by atoms with Crippen LogP contribution in [0.3, 0.4) is 0 Å². The van der Waals surface area contributed by atoms with E-state index in [1.54, 1.807) is 25.9 Å². The highest BCUT2D eigenvalue weighted by atomic mass is 16.2. The average Bonchev–Trinajstić information content (AvgIpc) is 2.97. The molecule has 2 fully saturated rings. The van der Waals surface area contributed by atoms with Crippen LogP contribution >= 0.6 is 0 Å². The highest BCUT2D eigenvalue weighted by Gasteiger charge is 2.43. The molecule has 0 aromatic carbocycles. The zero-order valence-corrected chi connectivity index (χ0v) is 14.2. The third-order valence-corrected chi connectivity index (χ3v) is 5.03. The molecule has 0 aliphatic carbocycles. The summed E-state index contributed by atoms with van der Waals surface area (Å²) in [5.74, 6) is -0.411. The first-order chi connectivity index (χ1) is 11.0. The van der Waals surface area contributed by atoms with Crippen LogP contribution in [-0.4, -0.2) is 60.9 Å². The van der Waals surface area contributed by atoms with Crippen LogP contribution in [-0.2, 0) is 14.4 Å². The summed E-state index contributed by atoms with van der Waals surface area (Å²) in [5.41, 5.74) is 0. The van der Waals surface area contributed by atoms with Gasteiger partial charge in [-0.05, 0) is 39.7 Å². The highest BCUT2D eigenvalue weighted by molar-refractivity contribution is 5.93. The van der Waals surface area contributed by atoms with Gasteiger partial charge in [-0.2, -0.15) is 0 Å². The van der Waals surface area contributed by atoms with Crippen LogP contribution in [0.1, 0.15) is 45.4 Å². The van der Waals surface area contributed by atoms with Crippen molar-refractivity contribution in [1.82, 2.24) is 20.9 Å². The smallest absolute Gasteiger partial charge is 0.246 e. The van der Waals surface area contributed by atoms with E-state index in [4.69, 9.17) is 0 Å². The minimum Gasteiger partial charge on any atom is -0.357 e. The summed E-state index contributed by atoms with van der Waals surface area (Å²) >= 11 is 0. The van der Waals surface area contributed by atoms with E-state index in [1.165, 1.54) is 0 Å². The number of carbonyl (C=O) groups is 3. The summed E-state index contributed by atoms with van der Waals surface area (Å²) in [5, 5.41) is 8.38. The van der Waals surface area contributed by atoms with Crippen molar-refractivity contribution < 1.29 is 14.4 Å². The molecule has 4 atom stereocenters. The summed E-state index contributed by atoms with van der Waals surface area (Å²) in [6, 6.07) is -1.17. The Bertz CT molecular complexity index is 468. The second kappa shape index (κ2) is 7.77. The maximum Gasteiger partial charge on any atom is 0.246 e. The van der Waals surface area contributed by atoms with Crippen LogP contribution in [0, 0.1) is 0 Å². The van der Waals surface area contributed by atoms with Gasteiger partial charge in [0.05, 0.1) is 6.04 Å². The largest absolute Gasteiger partial charge is 0.357 e. The fraction of sp³-hybridized carbons (Fsp3) is 0.812. The molecular weight excluding hydrogens is 296 g/mol. The Morgan fingerprint density at radius 3 is 2.48 bits per heavy atom. The molecule has 7 heteroatoms. The number of hydrogen-bond donors (Lipinski definition) is 3. The van der Waals surface area contributed by atoms with Crippen LogP contribution in [0.2, 0.25) is 0 Å². The topological polar surface area (TPSA) is 90.5 Å². The van der Waals surface area contributed by atoms with Gasteiger partial charge in [-0.25, -0.2) is 0 Å². The van der Waals surface area contributed by atoms with Crippen LogP contribution in [0.4, 0.5) is 0 Å². The first kappa shape index (κ1) is 17.7. The Hall–Kier alpha value is -1.63. The van der Waals surface area contributed by atoms with E-state index in [2.05, 4.69) is 16.0 Å². The number of amides is 3. The van der Waals surface area contributed by atoms with Crippen molar-refractivity contribution in [2.75, 3.05) is 14.1 Å². The molecule has 3 amide bonds. The molecule has 0 aromatic rings. The zero-order chi connectivity index (χ0) is 17.0. The fourth-order valence-corrected chi connectivity index (χ4v) is 3.52. The maximum absolute atomic E-state index is 13.0. The van der Waals surface area contributed by atoms with Crippen LogP contribution in [0.25, 0.3) is 0 Å². The number of fused-ring (bicyclic) bond motifs is 1. The van der Waals surface area contributed by atoms with Gasteiger partial charge < -0.3 is 20.9 Å². The third-order valence-electron chi connectivity index (χ3n) is 5.03. The molecule has 0 radical (unpaired) electrons. The Labute approximate surface area is 137 Å². The van der Waals surface area contributed by atoms with Gasteiger partial charge in [0.25, 0.3) is 0 Å². The van der Waals surface area contributed by atoms with Crippen LogP contribution < -0.4 is 16.0 Å². The van der Waals surface area contributed by atoms with Crippen LogP contribution in [0.5, 0.6) is 0 Å². The molecule has 3 N–H and O–H groups in total. The minimum atomic E-state index is -0.536. The molecule has 0 spiro atoms. The second-order valence-corrected chi connectivity index (χ2v) is 6.46. The van der Waals surface area contributed by atoms with Crippen molar-refractivity contribution in [3.8, 4) is 0 Å². The van der Waals surface area contributed by atoms with Gasteiger partial charge in [-0.15, -0.1) is 0 Å². The molecule has 2 rings (SSSR count). The molecular formula is C16H28N4O3.